The number of pyridine rings is 10. The van der Waals surface area contributed by atoms with E-state index in [-0.39, 0.29) is 0 Å². The van der Waals surface area contributed by atoms with Crippen LogP contribution in [0, 0.1) is 90.0 Å². The first kappa shape index (κ1) is 91.4. The molecule has 0 aliphatic rings. The molecule has 700 valence electrons. The van der Waals surface area contributed by atoms with E-state index in [9.17, 15) is 0 Å². The molecule has 0 aliphatic carbocycles. The minimum Gasteiger partial charge on any atom is -0.264 e. The van der Waals surface area contributed by atoms with E-state index >= 15 is 0 Å². The van der Waals surface area contributed by atoms with Gasteiger partial charge in [-0.25, -0.2) is 0 Å². The van der Waals surface area contributed by atoms with Crippen LogP contribution in [0.5, 0.6) is 0 Å². The maximum Gasteiger partial charge on any atom is 0.220 e. The van der Waals surface area contributed by atoms with E-state index in [4.69, 9.17) is 6.85 Å². The van der Waals surface area contributed by atoms with Gasteiger partial charge in [0.15, 0.2) is 28.5 Å². The molecule has 0 radical (unpaired) electrons. The van der Waals surface area contributed by atoms with E-state index in [2.05, 4.69) is 381 Å². The highest BCUT2D eigenvalue weighted by Gasteiger charge is 2.29. The van der Waals surface area contributed by atoms with Crippen LogP contribution in [0.15, 0.2) is 317 Å². The first-order valence-corrected chi connectivity index (χ1v) is 49.2. The number of aromatic nitrogens is 10. The monoisotopic (exact) mass is 1840 g/mol. The average Bonchev–Trinajstić information content (AvgIpc) is 0.791. The maximum absolute atomic E-state index is 8.82. The Hall–Kier alpha value is -15.0. The van der Waals surface area contributed by atoms with Gasteiger partial charge in [-0.15, -0.1) is 0 Å². The summed E-state index contributed by atoms with van der Waals surface area (Å²) in [5.41, 5.74) is 44.8. The van der Waals surface area contributed by atoms with Gasteiger partial charge in [-0.1, -0.05) is 157 Å². The molecule has 0 atom stereocenters. The van der Waals surface area contributed by atoms with E-state index in [0.29, 0.717) is 42.0 Å². The maximum atomic E-state index is 8.82. The van der Waals surface area contributed by atoms with Crippen LogP contribution in [0.25, 0.3) is 166 Å². The molecule has 10 aromatic carbocycles. The van der Waals surface area contributed by atoms with Crippen LogP contribution < -0.4 is 22.8 Å². The van der Waals surface area contributed by atoms with Crippen LogP contribution in [-0.2, 0) is 54.5 Å². The fourth-order valence-corrected chi connectivity index (χ4v) is 19.4. The minimum atomic E-state index is 0.466. The molecule has 10 heterocycles. The zero-order valence-electron chi connectivity index (χ0n) is 91.4. The van der Waals surface area contributed by atoms with Gasteiger partial charge in [-0.05, 0) is 329 Å². The summed E-state index contributed by atoms with van der Waals surface area (Å²) >= 11 is 0. The molecule has 0 saturated carbocycles. The third-order valence-electron chi connectivity index (χ3n) is 28.6. The SMILES string of the molecule is [2H]c1c(C)[n+](C)c(-c2cc(C(C)C)cc(C)c2C)c2ccc(-c3cccnc3)cc12.[2H]c1c(C)[n+](C)c(-c2cc(C(C)C)ccc2C)c2ccc(-c3cccnc3)cc12.[2H]c1c(C)[n+](C)c(-c2cc(C)cc(C)c2C)c2ccc(-c3cccnc3)cc12.[2H]c1c(C)[n+](C)c(-c2cc(CC)cc(CC)c2C)c2ccc(-c3cccnc3)cc12.[2H]c1c(C)[n+](C)c(-c2cc(CC)ccc2C)c2ccc(-c3cccnc3)cc12. The van der Waals surface area contributed by atoms with Crippen LogP contribution >= 0.6 is 0 Å². The summed E-state index contributed by atoms with van der Waals surface area (Å²) < 4.78 is 54.8. The van der Waals surface area contributed by atoms with Crippen molar-refractivity contribution >= 4 is 53.9 Å². The molecule has 0 spiro atoms. The first-order valence-electron chi connectivity index (χ1n) is 51.7. The molecule has 0 saturated heterocycles. The molecular formula is C130H135N10+5. The number of fused-ring (bicyclic) bond motifs is 5. The summed E-state index contributed by atoms with van der Waals surface area (Å²) in [6.07, 6.45) is 21.3. The van der Waals surface area contributed by atoms with E-state index < -0.39 is 0 Å². The lowest BCUT2D eigenvalue weighted by Crippen LogP contribution is -2.35. The highest BCUT2D eigenvalue weighted by atomic mass is 15.0. The molecule has 0 unspecified atom stereocenters. The van der Waals surface area contributed by atoms with Crippen molar-refractivity contribution in [1.29, 1.82) is 0 Å². The fourth-order valence-electron chi connectivity index (χ4n) is 19.4. The zero-order chi connectivity index (χ0) is 104. The molecule has 20 aromatic rings. The topological polar surface area (TPSA) is 83.9 Å². The molecule has 140 heavy (non-hydrogen) atoms. The number of benzene rings is 10. The van der Waals surface area contributed by atoms with Crippen molar-refractivity contribution in [2.24, 2.45) is 35.2 Å². The normalized spacial score (nSPS) is 11.8. The fraction of sp³-hybridized carbons (Fsp3) is 0.231. The summed E-state index contributed by atoms with van der Waals surface area (Å²) in [4.78, 5) is 21.2. The summed E-state index contributed by atoms with van der Waals surface area (Å²) in [5, 5.41) is 10.5. The predicted octanol–water partition coefficient (Wildman–Crippen LogP) is 29.9. The van der Waals surface area contributed by atoms with E-state index in [1.54, 1.807) is 31.0 Å². The van der Waals surface area contributed by atoms with Gasteiger partial charge >= 0.3 is 0 Å². The van der Waals surface area contributed by atoms with Crippen molar-refractivity contribution < 1.29 is 29.7 Å². The Balaban J connectivity index is 0.000000130. The first-order chi connectivity index (χ1) is 69.5. The quantitative estimate of drug-likeness (QED) is 0.0955. The van der Waals surface area contributed by atoms with Crippen LogP contribution in [0.3, 0.4) is 0 Å². The summed E-state index contributed by atoms with van der Waals surface area (Å²) in [5.74, 6) is 0.938. The van der Waals surface area contributed by atoms with E-state index in [1.807, 2.05) is 95.9 Å². The third-order valence-corrected chi connectivity index (χ3v) is 28.6. The minimum absolute atomic E-state index is 0.466. The van der Waals surface area contributed by atoms with Crippen molar-refractivity contribution in [2.75, 3.05) is 0 Å². The van der Waals surface area contributed by atoms with E-state index in [1.165, 1.54) is 129 Å². The number of nitrogens with zero attached hydrogens (tertiary/aromatic N) is 10. The van der Waals surface area contributed by atoms with Gasteiger partial charge < -0.3 is 0 Å². The third kappa shape index (κ3) is 20.6. The lowest BCUT2D eigenvalue weighted by molar-refractivity contribution is -0.665. The lowest BCUT2D eigenvalue weighted by atomic mass is 9.90. The number of rotatable bonds is 15. The Morgan fingerprint density at radius 1 is 0.250 bits per heavy atom. The second kappa shape index (κ2) is 42.5. The summed E-state index contributed by atoms with van der Waals surface area (Å²) in [7, 11) is 10.4. The van der Waals surface area contributed by atoms with Gasteiger partial charge in [0.2, 0.25) is 28.5 Å². The van der Waals surface area contributed by atoms with Gasteiger partial charge in [-0.3, -0.25) is 24.9 Å². The highest BCUT2D eigenvalue weighted by molar-refractivity contribution is 6.02. The largest absolute Gasteiger partial charge is 0.264 e. The summed E-state index contributed by atoms with van der Waals surface area (Å²) in [6.45, 7) is 43.2. The van der Waals surface area contributed by atoms with Crippen molar-refractivity contribution in [2.45, 2.75) is 170 Å². The second-order valence-electron chi connectivity index (χ2n) is 38.4. The highest BCUT2D eigenvalue weighted by Crippen LogP contribution is 2.42. The van der Waals surface area contributed by atoms with Gasteiger partial charge in [0, 0.05) is 166 Å². The van der Waals surface area contributed by atoms with Gasteiger partial charge in [0.1, 0.15) is 35.2 Å². The van der Waals surface area contributed by atoms with Crippen molar-refractivity contribution in [1.82, 2.24) is 24.9 Å². The molecule has 0 amide bonds. The van der Waals surface area contributed by atoms with Crippen molar-refractivity contribution in [3.63, 3.8) is 0 Å². The Morgan fingerprint density at radius 3 is 0.843 bits per heavy atom. The summed E-state index contributed by atoms with van der Waals surface area (Å²) in [6, 6.07) is 82.4. The van der Waals surface area contributed by atoms with Crippen LogP contribution in [0.2, 0.25) is 0 Å². The van der Waals surface area contributed by atoms with Gasteiger partial charge in [0.25, 0.3) is 0 Å². The molecule has 10 nitrogen and oxygen atoms in total. The molecule has 20 rings (SSSR count). The zero-order valence-corrected chi connectivity index (χ0v) is 86.4. The predicted molar refractivity (Wildman–Crippen MR) is 587 cm³/mol. The molecule has 0 bridgehead atoms. The Labute approximate surface area is 837 Å². The Bertz CT molecular complexity index is 8230. The Kier molecular flexibility index (Phi) is 27.8. The molecule has 0 aliphatic heterocycles. The molecule has 10 aromatic heterocycles. The standard InChI is InChI=1S/2C27H29N2.C26H27N2.2C25H25N2/c1-17(2)23-12-18(3)20(5)26(15-23)27-25-10-9-21(22-8-7-11-28-16-22)14-24(25)13-19(4)29(27)6;1-6-20-14-21(7-2)19(4)26(15-20)27-25-11-10-22(23-9-8-12-28-17-23)16-24(25)13-18(3)29(27)5;1-17(2)20-9-8-18(3)25(15-20)26-24-11-10-21(22-7-6-12-27-16-22)14-23(24)13-19(4)28(26)5;1-16-11-17(2)19(4)24(12-16)25-23-9-8-20(21-7-6-10-26-15-21)14-22(23)13-18(3)27(25)5;1-5-19-9-8-17(2)24(14-19)25-23-11-10-20(21-7-6-12-26-16-21)15-22(23)13-18(3)27(25)4/h7-17H,1-6H3;8-17H,6-7H2,1-5H3;6-17H,1-5H3;6-15H,1-5H3;6-16H,5H2,1-4H3/q5*+1/i5*13D. The average molecular weight is 1840 g/mol. The number of aryl methyl sites for hydroxylation is 8. The van der Waals surface area contributed by atoms with Crippen molar-refractivity contribution in [3.05, 3.63) is 417 Å². The van der Waals surface area contributed by atoms with E-state index in [0.717, 1.165) is 157 Å². The molecule has 0 N–H and O–H groups in total. The molecule has 0 fully saturated rings. The number of hydrogen-bond acceptors (Lipinski definition) is 5. The van der Waals surface area contributed by atoms with Crippen LogP contribution in [0.4, 0.5) is 0 Å². The lowest BCUT2D eigenvalue weighted by Gasteiger charge is -2.16. The van der Waals surface area contributed by atoms with Gasteiger partial charge in [0.05, 0.1) is 50.5 Å². The second-order valence-corrected chi connectivity index (χ2v) is 38.4. The van der Waals surface area contributed by atoms with Crippen molar-refractivity contribution in [3.8, 4) is 112 Å². The molecular weight excluding hydrogens is 1700 g/mol. The van der Waals surface area contributed by atoms with Gasteiger partial charge in [-0.2, -0.15) is 22.8 Å². The Morgan fingerprint density at radius 2 is 0.536 bits per heavy atom. The smallest absolute Gasteiger partial charge is 0.220 e. The number of hydrogen-bond donors (Lipinski definition) is 0. The molecule has 10 heteroatoms. The van der Waals surface area contributed by atoms with Crippen LogP contribution in [0.1, 0.15) is 168 Å². The van der Waals surface area contributed by atoms with Crippen LogP contribution in [-0.4, -0.2) is 24.9 Å².